The van der Waals surface area contributed by atoms with Gasteiger partial charge in [-0.25, -0.2) is 0 Å². The number of nitrogens with zero attached hydrogens (tertiary/aromatic N) is 2. The number of aryl methyl sites for hydroxylation is 1. The topological polar surface area (TPSA) is 35.0 Å². The molecule has 2 aromatic heterocycles. The van der Waals surface area contributed by atoms with Crippen molar-refractivity contribution in [3.63, 3.8) is 0 Å². The van der Waals surface area contributed by atoms with E-state index < -0.39 is 33.5 Å². The number of aromatic nitrogens is 2. The van der Waals surface area contributed by atoms with Gasteiger partial charge in [0.2, 0.25) is 0 Å². The van der Waals surface area contributed by atoms with Gasteiger partial charge in [0, 0.05) is 0 Å². The molecule has 37 heavy (non-hydrogen) atoms. The summed E-state index contributed by atoms with van der Waals surface area (Å²) in [4.78, 5) is 8.74. The number of hydrogen-bond acceptors (Lipinski definition) is 3. The Morgan fingerprint density at radius 3 is 2.32 bits per heavy atom. The number of rotatable bonds is 4. The molecule has 0 bridgehead atoms. The number of ether oxygens (including phenoxy) is 1. The molecule has 7 heteroatoms. The Morgan fingerprint density at radius 2 is 1.49 bits per heavy atom. The zero-order chi connectivity index (χ0) is 25.6. The Morgan fingerprint density at radius 1 is 0.703 bits per heavy atom. The summed E-state index contributed by atoms with van der Waals surface area (Å²) in [6.45, 7) is 2.10. The van der Waals surface area contributed by atoms with Gasteiger partial charge in [0.25, 0.3) is 0 Å². The maximum absolute atomic E-state index is 13.1. The number of pyridine rings is 2. The number of hydrogen-bond donors (Lipinski definition) is 0. The van der Waals surface area contributed by atoms with Crippen LogP contribution in [0.3, 0.4) is 0 Å². The fourth-order valence-corrected chi connectivity index (χ4v) is 14.8. The zero-order valence-corrected chi connectivity index (χ0v) is 23.2. The molecule has 1 aliphatic heterocycles. The summed E-state index contributed by atoms with van der Waals surface area (Å²) < 4.78 is 49.0. The summed E-state index contributed by atoms with van der Waals surface area (Å²) in [6, 6.07) is 28.6. The Balaban J connectivity index is 1.38. The average molecular weight is 690 g/mol. The van der Waals surface area contributed by atoms with Crippen molar-refractivity contribution in [3.05, 3.63) is 115 Å². The summed E-state index contributed by atoms with van der Waals surface area (Å²) in [7, 11) is 0. The van der Waals surface area contributed by atoms with Crippen molar-refractivity contribution in [1.29, 1.82) is 0 Å². The minimum absolute atomic E-state index is 0.0992. The van der Waals surface area contributed by atoms with Gasteiger partial charge in [-0.15, -0.1) is 0 Å². The second-order valence-electron chi connectivity index (χ2n) is 8.79. The molecule has 0 amide bonds. The molecule has 0 fully saturated rings. The van der Waals surface area contributed by atoms with E-state index in [2.05, 4.69) is 60.4 Å². The van der Waals surface area contributed by atoms with Crippen molar-refractivity contribution >= 4 is 31.7 Å². The second kappa shape index (κ2) is 9.39. The van der Waals surface area contributed by atoms with Crippen molar-refractivity contribution < 1.29 is 17.9 Å². The molecular formula is C30H20BiF3N2O. The molecule has 3 aromatic carbocycles. The number of halogens is 3. The fraction of sp³-hybridized carbons (Fsp3) is 0.0667. The molecule has 0 atom stereocenters. The van der Waals surface area contributed by atoms with E-state index in [1.165, 1.54) is 26.6 Å². The first-order chi connectivity index (χ1) is 17.9. The molecule has 0 saturated heterocycles. The summed E-state index contributed by atoms with van der Waals surface area (Å²) >= 11 is -2.59. The van der Waals surface area contributed by atoms with Crippen LogP contribution in [0, 0.1) is 6.92 Å². The van der Waals surface area contributed by atoms with Gasteiger partial charge in [-0.3, -0.25) is 0 Å². The quantitative estimate of drug-likeness (QED) is 0.221. The van der Waals surface area contributed by atoms with Gasteiger partial charge in [0.15, 0.2) is 0 Å². The molecule has 3 heterocycles. The normalized spacial score (nSPS) is 12.8. The van der Waals surface area contributed by atoms with Crippen LogP contribution in [0.1, 0.15) is 11.1 Å². The molecule has 1 aliphatic rings. The van der Waals surface area contributed by atoms with Crippen molar-refractivity contribution in [2.45, 2.75) is 13.1 Å². The first-order valence-corrected chi connectivity index (χ1v) is 16.9. The maximum atomic E-state index is 13.1. The third-order valence-corrected chi connectivity index (χ3v) is 15.7. The van der Waals surface area contributed by atoms with Gasteiger partial charge in [-0.05, 0) is 0 Å². The SMILES string of the molecule is Cc1ccn[c]([Bi]2[c]3ccccc3-c3ccc(-c4cccc(Oc5cc(C(F)(F)F)ccn5)c4)c[c]32)c1. The van der Waals surface area contributed by atoms with Crippen LogP contribution >= 0.6 is 0 Å². The van der Waals surface area contributed by atoms with Crippen molar-refractivity contribution in [2.24, 2.45) is 0 Å². The van der Waals surface area contributed by atoms with Gasteiger partial charge in [-0.2, -0.15) is 0 Å². The summed E-state index contributed by atoms with van der Waals surface area (Å²) in [5.41, 5.74) is 4.91. The van der Waals surface area contributed by atoms with Crippen LogP contribution in [-0.2, 0) is 6.18 Å². The molecule has 0 N–H and O–H groups in total. The average Bonchev–Trinajstić information content (AvgIpc) is 3.22. The van der Waals surface area contributed by atoms with Gasteiger partial charge in [0.1, 0.15) is 0 Å². The summed E-state index contributed by atoms with van der Waals surface area (Å²) in [5.74, 6) is 0.325. The Kier molecular flexibility index (Phi) is 6.04. The molecule has 0 aliphatic carbocycles. The van der Waals surface area contributed by atoms with Crippen LogP contribution in [-0.4, -0.2) is 31.7 Å². The summed E-state index contributed by atoms with van der Waals surface area (Å²) in [5, 5.41) is 0. The molecule has 0 radical (unpaired) electrons. The van der Waals surface area contributed by atoms with Crippen LogP contribution in [0.2, 0.25) is 0 Å². The number of alkyl halides is 3. The monoisotopic (exact) mass is 690 g/mol. The molecule has 3 nitrogen and oxygen atoms in total. The van der Waals surface area contributed by atoms with E-state index in [1.54, 1.807) is 6.07 Å². The second-order valence-corrected chi connectivity index (χ2v) is 16.9. The Bertz CT molecular complexity index is 1630. The van der Waals surface area contributed by atoms with Gasteiger partial charge >= 0.3 is 221 Å². The van der Waals surface area contributed by atoms with E-state index >= 15 is 0 Å². The first-order valence-electron chi connectivity index (χ1n) is 11.6. The first kappa shape index (κ1) is 23.8. The standard InChI is InChI=1S/C24H14F3NO.C6H6N.Bi/c25-24(26,27)21-13-14-28-23(16-21)29-22-8-4-7-20(15-22)19-11-9-18(10-12-19)17-5-2-1-3-6-17;1-6-2-4-7-5-3-6;/h1-5,7-9,11-16H;2-4H,1H3;. The van der Waals surface area contributed by atoms with Crippen molar-refractivity contribution in [3.8, 4) is 33.9 Å². The Labute approximate surface area is 220 Å². The van der Waals surface area contributed by atoms with E-state index in [4.69, 9.17) is 9.72 Å². The van der Waals surface area contributed by atoms with Crippen molar-refractivity contribution in [1.82, 2.24) is 9.97 Å². The molecule has 6 rings (SSSR count). The zero-order valence-electron chi connectivity index (χ0n) is 19.7. The summed E-state index contributed by atoms with van der Waals surface area (Å²) in [6.07, 6.45) is -1.46. The Hall–Kier alpha value is -3.57. The van der Waals surface area contributed by atoms with E-state index in [0.717, 1.165) is 29.5 Å². The predicted molar refractivity (Wildman–Crippen MR) is 140 cm³/mol. The number of fused-ring (bicyclic) bond motifs is 3. The van der Waals surface area contributed by atoms with Gasteiger partial charge < -0.3 is 0 Å². The van der Waals surface area contributed by atoms with Crippen LogP contribution in [0.5, 0.6) is 11.6 Å². The molecule has 182 valence electrons. The van der Waals surface area contributed by atoms with Crippen molar-refractivity contribution in [2.75, 3.05) is 0 Å². The van der Waals surface area contributed by atoms with Gasteiger partial charge in [-0.1, -0.05) is 0 Å². The predicted octanol–water partition coefficient (Wildman–Crippen LogP) is 5.76. The molecule has 5 aromatic rings. The minimum atomic E-state index is -4.46. The van der Waals surface area contributed by atoms with Crippen LogP contribution in [0.15, 0.2) is 103 Å². The van der Waals surface area contributed by atoms with E-state index in [-0.39, 0.29) is 5.88 Å². The molecular weight excluding hydrogens is 670 g/mol. The fourth-order valence-electron chi connectivity index (χ4n) is 4.54. The van der Waals surface area contributed by atoms with Crippen LogP contribution in [0.25, 0.3) is 22.3 Å². The van der Waals surface area contributed by atoms with Crippen LogP contribution < -0.4 is 14.7 Å². The van der Waals surface area contributed by atoms with Gasteiger partial charge in [0.05, 0.1) is 0 Å². The van der Waals surface area contributed by atoms with Crippen LogP contribution in [0.4, 0.5) is 13.2 Å². The van der Waals surface area contributed by atoms with E-state index in [1.807, 2.05) is 30.5 Å². The molecule has 0 spiro atoms. The third-order valence-electron chi connectivity index (χ3n) is 6.26. The van der Waals surface area contributed by atoms with E-state index in [9.17, 15) is 13.2 Å². The van der Waals surface area contributed by atoms with E-state index in [0.29, 0.717) is 5.75 Å². The third kappa shape index (κ3) is 4.64. The number of benzene rings is 3. The molecule has 0 saturated carbocycles. The molecule has 0 unspecified atom stereocenters.